The van der Waals surface area contributed by atoms with Crippen LogP contribution in [0.3, 0.4) is 0 Å². The van der Waals surface area contributed by atoms with Crippen molar-refractivity contribution in [3.05, 3.63) is 23.5 Å². The van der Waals surface area contributed by atoms with E-state index < -0.39 is 0 Å². The average molecular weight is 208 g/mol. The van der Waals surface area contributed by atoms with Gasteiger partial charge in [-0.2, -0.15) is 0 Å². The molecule has 0 bridgehead atoms. The van der Waals surface area contributed by atoms with Gasteiger partial charge in [0.25, 0.3) is 0 Å². The number of rotatable bonds is 4. The molecule has 1 aromatic rings. The van der Waals surface area contributed by atoms with E-state index in [1.54, 1.807) is 0 Å². The predicted octanol–water partition coefficient (Wildman–Crippen LogP) is 1.60. The molecule has 2 rings (SSSR count). The van der Waals surface area contributed by atoms with Crippen LogP contribution in [-0.2, 0) is 13.0 Å². The Bertz CT molecular complexity index is 319. The van der Waals surface area contributed by atoms with E-state index in [9.17, 15) is 0 Å². The summed E-state index contributed by atoms with van der Waals surface area (Å²) in [7, 11) is 0. The van der Waals surface area contributed by atoms with Crippen LogP contribution < -0.4 is 5.73 Å². The lowest BCUT2D eigenvalue weighted by Gasteiger charge is -2.17. The minimum atomic E-state index is 0.243. The fourth-order valence-corrected chi connectivity index (χ4v) is 2.32. The zero-order chi connectivity index (χ0) is 10.7. The molecule has 1 aliphatic carbocycles. The molecule has 3 nitrogen and oxygen atoms in total. The van der Waals surface area contributed by atoms with Crippen LogP contribution in [0.5, 0.6) is 0 Å². The van der Waals surface area contributed by atoms with E-state index >= 15 is 0 Å². The zero-order valence-electron chi connectivity index (χ0n) is 9.15. The van der Waals surface area contributed by atoms with Crippen molar-refractivity contribution in [2.45, 2.75) is 44.7 Å². The maximum absolute atomic E-state index is 8.72. The number of fused-ring (bicyclic) bond motifs is 1. The summed E-state index contributed by atoms with van der Waals surface area (Å²) in [6.07, 6.45) is 9.86. The maximum atomic E-state index is 8.72. The normalized spacial score (nSPS) is 20.3. The monoisotopic (exact) mass is 208 g/mol. The highest BCUT2D eigenvalue weighted by atomic mass is 16.2. The quantitative estimate of drug-likeness (QED) is 0.738. The number of aryl methyl sites for hydroxylation is 2. The molecule has 0 spiro atoms. The van der Waals surface area contributed by atoms with Crippen LogP contribution in [0.1, 0.15) is 42.9 Å². The van der Waals surface area contributed by atoms with Gasteiger partial charge in [0.1, 0.15) is 0 Å². The first-order chi connectivity index (χ1) is 7.31. The van der Waals surface area contributed by atoms with E-state index in [0.29, 0.717) is 6.61 Å². The molecule has 1 aliphatic rings. The Hall–Kier alpha value is -0.800. The van der Waals surface area contributed by atoms with Gasteiger partial charge in [0, 0.05) is 31.6 Å². The predicted molar refractivity (Wildman–Crippen MR) is 60.6 cm³/mol. The molecule has 1 unspecified atom stereocenters. The number of nitrogens with two attached hydrogens (primary N) is 1. The third-order valence-corrected chi connectivity index (χ3v) is 3.18. The fraction of sp³-hybridized carbons (Fsp3) is 0.667. The van der Waals surface area contributed by atoms with Crippen molar-refractivity contribution in [1.82, 2.24) is 4.57 Å². The average Bonchev–Trinajstić information content (AvgIpc) is 2.63. The van der Waals surface area contributed by atoms with Gasteiger partial charge in [-0.1, -0.05) is 0 Å². The van der Waals surface area contributed by atoms with Gasteiger partial charge in [0.15, 0.2) is 0 Å². The fourth-order valence-electron chi connectivity index (χ4n) is 2.32. The third kappa shape index (κ3) is 2.41. The molecule has 0 saturated heterocycles. The molecule has 1 atom stereocenters. The first-order valence-corrected chi connectivity index (χ1v) is 5.86. The molecule has 15 heavy (non-hydrogen) atoms. The van der Waals surface area contributed by atoms with Crippen molar-refractivity contribution < 1.29 is 5.11 Å². The first-order valence-electron chi connectivity index (χ1n) is 5.86. The summed E-state index contributed by atoms with van der Waals surface area (Å²) in [5, 5.41) is 8.72. The molecule has 3 N–H and O–H groups in total. The SMILES string of the molecule is NC1CCCc2cn(CCCCO)cc21. The molecule has 1 heterocycles. The Morgan fingerprint density at radius 2 is 2.27 bits per heavy atom. The summed E-state index contributed by atoms with van der Waals surface area (Å²) in [5.74, 6) is 0. The van der Waals surface area contributed by atoms with Crippen molar-refractivity contribution in [2.75, 3.05) is 6.61 Å². The second-order valence-electron chi connectivity index (χ2n) is 4.41. The van der Waals surface area contributed by atoms with Crippen molar-refractivity contribution in [3.8, 4) is 0 Å². The van der Waals surface area contributed by atoms with Gasteiger partial charge >= 0.3 is 0 Å². The lowest BCUT2D eigenvalue weighted by Crippen LogP contribution is -2.15. The largest absolute Gasteiger partial charge is 0.396 e. The second kappa shape index (κ2) is 4.81. The third-order valence-electron chi connectivity index (χ3n) is 3.18. The Morgan fingerprint density at radius 3 is 3.00 bits per heavy atom. The van der Waals surface area contributed by atoms with Crippen LogP contribution in [0.15, 0.2) is 12.4 Å². The standard InChI is InChI=1S/C12H20N2O/c13-12-5-3-4-10-8-14(9-11(10)12)6-1-2-7-15/h8-9,12,15H,1-7,13H2. The molecule has 0 saturated carbocycles. The second-order valence-corrected chi connectivity index (χ2v) is 4.41. The number of hydrogen-bond acceptors (Lipinski definition) is 2. The summed E-state index contributed by atoms with van der Waals surface area (Å²) in [4.78, 5) is 0. The van der Waals surface area contributed by atoms with Crippen molar-refractivity contribution >= 4 is 0 Å². The van der Waals surface area contributed by atoms with Crippen molar-refractivity contribution in [2.24, 2.45) is 5.73 Å². The van der Waals surface area contributed by atoms with Crippen LogP contribution in [-0.4, -0.2) is 16.3 Å². The topological polar surface area (TPSA) is 51.2 Å². The minimum absolute atomic E-state index is 0.243. The highest BCUT2D eigenvalue weighted by Gasteiger charge is 2.18. The number of aliphatic hydroxyl groups excluding tert-OH is 1. The smallest absolute Gasteiger partial charge is 0.0431 e. The molecular formula is C12H20N2O. The molecule has 0 aromatic carbocycles. The molecule has 84 valence electrons. The maximum Gasteiger partial charge on any atom is 0.0431 e. The molecule has 1 aromatic heterocycles. The number of aromatic nitrogens is 1. The summed E-state index contributed by atoms with van der Waals surface area (Å²) in [6.45, 7) is 1.29. The number of aliphatic hydroxyl groups is 1. The number of hydrogen-bond donors (Lipinski definition) is 2. The van der Waals surface area contributed by atoms with E-state index in [0.717, 1.165) is 25.8 Å². The molecule has 3 heteroatoms. The summed E-state index contributed by atoms with van der Waals surface area (Å²) in [6, 6.07) is 0.243. The van der Waals surface area contributed by atoms with E-state index in [1.165, 1.54) is 24.0 Å². The minimum Gasteiger partial charge on any atom is -0.396 e. The Morgan fingerprint density at radius 1 is 1.40 bits per heavy atom. The highest BCUT2D eigenvalue weighted by molar-refractivity contribution is 5.29. The molecular weight excluding hydrogens is 188 g/mol. The van der Waals surface area contributed by atoms with Gasteiger partial charge in [0.2, 0.25) is 0 Å². The molecule has 0 fully saturated rings. The van der Waals surface area contributed by atoms with Crippen molar-refractivity contribution in [3.63, 3.8) is 0 Å². The van der Waals surface area contributed by atoms with Crippen molar-refractivity contribution in [1.29, 1.82) is 0 Å². The van der Waals surface area contributed by atoms with Crippen LogP contribution in [0, 0.1) is 0 Å². The van der Waals surface area contributed by atoms with Crippen LogP contribution in [0.2, 0.25) is 0 Å². The van der Waals surface area contributed by atoms with E-state index in [-0.39, 0.29) is 6.04 Å². The van der Waals surface area contributed by atoms with Gasteiger partial charge in [0.05, 0.1) is 0 Å². The van der Waals surface area contributed by atoms with E-state index in [2.05, 4.69) is 17.0 Å². The molecule has 0 aliphatic heterocycles. The zero-order valence-corrected chi connectivity index (χ0v) is 9.15. The lowest BCUT2D eigenvalue weighted by atomic mass is 9.92. The van der Waals surface area contributed by atoms with Gasteiger partial charge < -0.3 is 15.4 Å². The lowest BCUT2D eigenvalue weighted by molar-refractivity contribution is 0.281. The Kier molecular flexibility index (Phi) is 3.44. The number of unbranched alkanes of at least 4 members (excludes halogenated alkanes) is 1. The van der Waals surface area contributed by atoms with Gasteiger partial charge in [-0.3, -0.25) is 0 Å². The van der Waals surface area contributed by atoms with Crippen LogP contribution in [0.4, 0.5) is 0 Å². The Balaban J connectivity index is 2.01. The van der Waals surface area contributed by atoms with Gasteiger partial charge in [-0.05, 0) is 43.2 Å². The van der Waals surface area contributed by atoms with Gasteiger partial charge in [-0.15, -0.1) is 0 Å². The molecule has 0 radical (unpaired) electrons. The summed E-state index contributed by atoms with van der Waals surface area (Å²) < 4.78 is 2.23. The number of nitrogens with zero attached hydrogens (tertiary/aromatic N) is 1. The summed E-state index contributed by atoms with van der Waals surface area (Å²) in [5.41, 5.74) is 8.83. The highest BCUT2D eigenvalue weighted by Crippen LogP contribution is 2.28. The first kappa shape index (κ1) is 10.7. The molecule has 0 amide bonds. The Labute approximate surface area is 90.9 Å². The van der Waals surface area contributed by atoms with Crippen LogP contribution in [0.25, 0.3) is 0 Å². The van der Waals surface area contributed by atoms with E-state index in [4.69, 9.17) is 10.8 Å². The summed E-state index contributed by atoms with van der Waals surface area (Å²) >= 11 is 0. The van der Waals surface area contributed by atoms with Crippen LogP contribution >= 0.6 is 0 Å². The van der Waals surface area contributed by atoms with Gasteiger partial charge in [-0.25, -0.2) is 0 Å². The van der Waals surface area contributed by atoms with E-state index in [1.807, 2.05) is 0 Å².